The summed E-state index contributed by atoms with van der Waals surface area (Å²) < 4.78 is 33.4. The van der Waals surface area contributed by atoms with E-state index in [4.69, 9.17) is 9.72 Å². The second-order valence-electron chi connectivity index (χ2n) is 11.7. The van der Waals surface area contributed by atoms with Crippen molar-refractivity contribution in [2.45, 2.75) is 67.7 Å². The van der Waals surface area contributed by atoms with Gasteiger partial charge in [0.15, 0.2) is 0 Å². The van der Waals surface area contributed by atoms with Gasteiger partial charge >= 0.3 is 0 Å². The van der Waals surface area contributed by atoms with E-state index in [9.17, 15) is 18.3 Å². The van der Waals surface area contributed by atoms with Gasteiger partial charge in [-0.25, -0.2) is 8.42 Å². The van der Waals surface area contributed by atoms with Gasteiger partial charge in [-0.1, -0.05) is 44.2 Å². The number of nitrogens with zero attached hydrogens (tertiary/aromatic N) is 2. The molecule has 1 aromatic heterocycles. The standard InChI is InChI=1S/C31H34N2O5S.H2/c1-30(2)20-38-28-13-10-22(17-26(28)30)31(14-15-31)29(35)18-23-5-3-7-27(32-23)21-8-11-25(12-9-21)39(36,37)33-16-4-6-24(33)19-34;/h3,5,7-13,17,24,34H,4,6,14-16,18-20H2,1-2H3;1H/t24-;/m1./s1. The summed E-state index contributed by atoms with van der Waals surface area (Å²) in [7, 11) is -3.67. The average molecular weight is 549 g/mol. The number of ketones is 1. The molecule has 1 saturated heterocycles. The van der Waals surface area contributed by atoms with E-state index in [1.807, 2.05) is 30.3 Å². The molecule has 8 heteroatoms. The molecule has 0 radical (unpaired) electrons. The SMILES string of the molecule is CC1(C)COc2ccc(C3(C(=O)Cc4cccc(-c5ccc(S(=O)(=O)N6CCC[C@@H]6CO)cc5)n4)CC3)cc21.[HH]. The van der Waals surface area contributed by atoms with E-state index in [-0.39, 0.29) is 36.6 Å². The van der Waals surface area contributed by atoms with Crippen LogP contribution in [0.25, 0.3) is 11.3 Å². The minimum atomic E-state index is -3.67. The first-order valence-corrected chi connectivity index (χ1v) is 15.1. The molecule has 3 heterocycles. The number of benzene rings is 2. The predicted octanol–water partition coefficient (Wildman–Crippen LogP) is 4.65. The number of sulfonamides is 1. The van der Waals surface area contributed by atoms with Crippen LogP contribution in [0.15, 0.2) is 65.6 Å². The van der Waals surface area contributed by atoms with Gasteiger partial charge in [-0.3, -0.25) is 9.78 Å². The molecule has 0 bridgehead atoms. The molecule has 0 spiro atoms. The highest BCUT2D eigenvalue weighted by Crippen LogP contribution is 2.52. The van der Waals surface area contributed by atoms with Crippen LogP contribution in [-0.4, -0.2) is 54.4 Å². The summed E-state index contributed by atoms with van der Waals surface area (Å²) in [4.78, 5) is 18.5. The predicted molar refractivity (Wildman–Crippen MR) is 150 cm³/mol. The molecule has 6 rings (SSSR count). The molecular weight excluding hydrogens is 512 g/mol. The first kappa shape index (κ1) is 26.2. The number of aliphatic hydroxyl groups excluding tert-OH is 1. The molecule has 1 atom stereocenters. The Kier molecular flexibility index (Phi) is 6.40. The number of carbonyl (C=O) groups is 1. The number of ether oxygens (including phenoxy) is 1. The summed E-state index contributed by atoms with van der Waals surface area (Å²) in [5.41, 5.74) is 3.90. The highest BCUT2D eigenvalue weighted by Gasteiger charge is 2.51. The lowest BCUT2D eigenvalue weighted by atomic mass is 9.82. The maximum atomic E-state index is 13.6. The monoisotopic (exact) mass is 548 g/mol. The third-order valence-corrected chi connectivity index (χ3v) is 10.5. The molecule has 39 heavy (non-hydrogen) atoms. The first-order chi connectivity index (χ1) is 18.6. The minimum absolute atomic E-state index is 0. The van der Waals surface area contributed by atoms with E-state index in [1.54, 1.807) is 24.3 Å². The second kappa shape index (κ2) is 9.54. The van der Waals surface area contributed by atoms with Crippen molar-refractivity contribution in [3.63, 3.8) is 0 Å². The minimum Gasteiger partial charge on any atom is -0.492 e. The Morgan fingerprint density at radius 1 is 1.13 bits per heavy atom. The topological polar surface area (TPSA) is 96.8 Å². The Labute approximate surface area is 231 Å². The largest absolute Gasteiger partial charge is 0.492 e. The Morgan fingerprint density at radius 2 is 1.90 bits per heavy atom. The normalized spacial score (nSPS) is 21.4. The number of rotatable bonds is 8. The summed E-state index contributed by atoms with van der Waals surface area (Å²) >= 11 is 0. The summed E-state index contributed by atoms with van der Waals surface area (Å²) in [6, 6.07) is 18.2. The van der Waals surface area contributed by atoms with Gasteiger partial charge in [-0.2, -0.15) is 4.31 Å². The number of fused-ring (bicyclic) bond motifs is 1. The van der Waals surface area contributed by atoms with E-state index < -0.39 is 15.4 Å². The van der Waals surface area contributed by atoms with Crippen LogP contribution in [0.4, 0.5) is 0 Å². The molecule has 1 aliphatic carbocycles. The first-order valence-electron chi connectivity index (χ1n) is 13.6. The quantitative estimate of drug-likeness (QED) is 0.440. The van der Waals surface area contributed by atoms with Crippen LogP contribution in [-0.2, 0) is 32.1 Å². The van der Waals surface area contributed by atoms with Crippen LogP contribution in [0.2, 0.25) is 0 Å². The second-order valence-corrected chi connectivity index (χ2v) is 13.6. The van der Waals surface area contributed by atoms with Gasteiger partial charge in [0.2, 0.25) is 10.0 Å². The number of aromatic nitrogens is 1. The maximum Gasteiger partial charge on any atom is 0.243 e. The lowest BCUT2D eigenvalue weighted by Gasteiger charge is -2.22. The van der Waals surface area contributed by atoms with Crippen LogP contribution in [0.3, 0.4) is 0 Å². The fraction of sp³-hybridized carbons (Fsp3) is 0.419. The van der Waals surface area contributed by atoms with Gasteiger partial charge in [-0.15, -0.1) is 0 Å². The zero-order chi connectivity index (χ0) is 27.4. The zero-order valence-electron chi connectivity index (χ0n) is 22.4. The van der Waals surface area contributed by atoms with E-state index in [0.29, 0.717) is 31.0 Å². The Bertz CT molecular complexity index is 1530. The number of Topliss-reactive ketones (excluding diaryl/α,β-unsaturated/α-hetero) is 1. The number of hydrogen-bond donors (Lipinski definition) is 1. The van der Waals surface area contributed by atoms with Crippen molar-refractivity contribution in [2.75, 3.05) is 19.8 Å². The molecule has 1 saturated carbocycles. The van der Waals surface area contributed by atoms with Gasteiger partial charge in [0.25, 0.3) is 0 Å². The smallest absolute Gasteiger partial charge is 0.243 e. The van der Waals surface area contributed by atoms with Crippen molar-refractivity contribution < 1.29 is 24.5 Å². The van der Waals surface area contributed by atoms with Crippen LogP contribution in [0, 0.1) is 0 Å². The molecular formula is C31H36N2O5S. The third-order valence-electron chi connectivity index (χ3n) is 8.57. The maximum absolute atomic E-state index is 13.6. The molecule has 3 aliphatic rings. The Morgan fingerprint density at radius 3 is 2.62 bits per heavy atom. The molecule has 3 aromatic rings. The molecule has 2 aromatic carbocycles. The van der Waals surface area contributed by atoms with Crippen molar-refractivity contribution in [1.82, 2.24) is 9.29 Å². The zero-order valence-corrected chi connectivity index (χ0v) is 23.2. The number of carbonyl (C=O) groups excluding carboxylic acids is 1. The summed E-state index contributed by atoms with van der Waals surface area (Å²) in [6.45, 7) is 5.23. The average Bonchev–Trinajstić information content (AvgIpc) is 3.50. The van der Waals surface area contributed by atoms with Gasteiger partial charge in [0.05, 0.1) is 29.2 Å². The highest BCUT2D eigenvalue weighted by atomic mass is 32.2. The molecule has 0 amide bonds. The molecule has 206 valence electrons. The molecule has 2 fully saturated rings. The van der Waals surface area contributed by atoms with E-state index >= 15 is 0 Å². The lowest BCUT2D eigenvalue weighted by Crippen LogP contribution is -2.37. The number of pyridine rings is 1. The van der Waals surface area contributed by atoms with Crippen molar-refractivity contribution in [3.05, 3.63) is 77.5 Å². The van der Waals surface area contributed by atoms with Crippen molar-refractivity contribution in [2.24, 2.45) is 0 Å². The van der Waals surface area contributed by atoms with Crippen LogP contribution >= 0.6 is 0 Å². The lowest BCUT2D eigenvalue weighted by molar-refractivity contribution is -0.120. The summed E-state index contributed by atoms with van der Waals surface area (Å²) in [5.74, 6) is 1.09. The van der Waals surface area contributed by atoms with Crippen molar-refractivity contribution in [3.8, 4) is 17.0 Å². The van der Waals surface area contributed by atoms with Gasteiger partial charge < -0.3 is 9.84 Å². The van der Waals surface area contributed by atoms with Crippen molar-refractivity contribution in [1.29, 1.82) is 0 Å². The third kappa shape index (κ3) is 4.58. The number of aliphatic hydroxyl groups is 1. The van der Waals surface area contributed by atoms with E-state index in [2.05, 4.69) is 19.9 Å². The fourth-order valence-electron chi connectivity index (χ4n) is 5.99. The summed E-state index contributed by atoms with van der Waals surface area (Å²) in [6.07, 6.45) is 3.35. The van der Waals surface area contributed by atoms with Gasteiger partial charge in [0, 0.05) is 42.7 Å². The molecule has 7 nitrogen and oxygen atoms in total. The number of hydrogen-bond acceptors (Lipinski definition) is 6. The van der Waals surface area contributed by atoms with Gasteiger partial charge in [0.1, 0.15) is 11.5 Å². The molecule has 2 aliphatic heterocycles. The van der Waals surface area contributed by atoms with Gasteiger partial charge in [-0.05, 0) is 61.6 Å². The van der Waals surface area contributed by atoms with Crippen LogP contribution in [0.1, 0.15) is 57.8 Å². The molecule has 1 N–H and O–H groups in total. The highest BCUT2D eigenvalue weighted by molar-refractivity contribution is 7.89. The van der Waals surface area contributed by atoms with Crippen LogP contribution in [0.5, 0.6) is 5.75 Å². The Balaban J connectivity index is 0.00000323. The fourth-order valence-corrected chi connectivity index (χ4v) is 7.67. The Hall–Kier alpha value is -3.07. The van der Waals surface area contributed by atoms with E-state index in [1.165, 1.54) is 9.87 Å². The van der Waals surface area contributed by atoms with Crippen molar-refractivity contribution >= 4 is 15.8 Å². The van der Waals surface area contributed by atoms with Crippen LogP contribution < -0.4 is 4.74 Å². The molecule has 0 unspecified atom stereocenters. The van der Waals surface area contributed by atoms with E-state index in [0.717, 1.165) is 36.1 Å². The summed E-state index contributed by atoms with van der Waals surface area (Å²) in [5, 5.41) is 9.56.